The van der Waals surface area contributed by atoms with Crippen LogP contribution in [0.3, 0.4) is 0 Å². The molecule has 8 heteroatoms. The summed E-state index contributed by atoms with van der Waals surface area (Å²) in [6.07, 6.45) is 0. The third kappa shape index (κ3) is 3.27. The number of methoxy groups -OCH3 is 1. The van der Waals surface area contributed by atoms with Crippen molar-refractivity contribution in [3.8, 4) is 0 Å². The smallest absolute Gasteiger partial charge is 0.337 e. The standard InChI is InChI=1S/C17H15FN4O3/c1-25-16(24)10-4-2-9(3-5-10)8-20-12-7-6-11-13(14(12)18)15(23)22-17(19)21-11/h2-7,20H,8H2,1H3,(H3,19,21,22,23). The minimum Gasteiger partial charge on any atom is -0.465 e. The molecule has 3 rings (SSSR count). The van der Waals surface area contributed by atoms with Crippen LogP contribution in [0, 0.1) is 5.82 Å². The Morgan fingerprint density at radius 2 is 2.00 bits per heavy atom. The number of carbonyl (C=O) groups excluding carboxylic acids is 1. The number of aromatic nitrogens is 2. The van der Waals surface area contributed by atoms with Gasteiger partial charge in [0.25, 0.3) is 5.56 Å². The molecule has 0 aliphatic heterocycles. The largest absolute Gasteiger partial charge is 0.465 e. The Morgan fingerprint density at radius 3 is 2.68 bits per heavy atom. The Labute approximate surface area is 141 Å². The summed E-state index contributed by atoms with van der Waals surface area (Å²) in [5, 5.41) is 2.77. The number of nitrogens with two attached hydrogens (primary N) is 1. The van der Waals surface area contributed by atoms with Crippen LogP contribution in [-0.4, -0.2) is 23.0 Å². The molecule has 0 bridgehead atoms. The first-order valence-corrected chi connectivity index (χ1v) is 7.38. The average Bonchev–Trinajstić information content (AvgIpc) is 2.60. The van der Waals surface area contributed by atoms with E-state index >= 15 is 0 Å². The number of nitrogen functional groups attached to an aromatic ring is 1. The van der Waals surface area contributed by atoms with Crippen LogP contribution in [0.5, 0.6) is 0 Å². The van der Waals surface area contributed by atoms with Crippen molar-refractivity contribution >= 4 is 28.5 Å². The van der Waals surface area contributed by atoms with Crippen LogP contribution in [0.15, 0.2) is 41.2 Å². The Balaban J connectivity index is 1.83. The summed E-state index contributed by atoms with van der Waals surface area (Å²) in [7, 11) is 1.31. The van der Waals surface area contributed by atoms with E-state index < -0.39 is 17.3 Å². The van der Waals surface area contributed by atoms with Crippen molar-refractivity contribution in [3.05, 3.63) is 63.7 Å². The number of halogens is 1. The minimum absolute atomic E-state index is 0.0664. The first kappa shape index (κ1) is 16.4. The number of fused-ring (bicyclic) bond motifs is 1. The van der Waals surface area contributed by atoms with E-state index in [1.807, 2.05) is 0 Å². The maximum absolute atomic E-state index is 14.6. The van der Waals surface area contributed by atoms with Gasteiger partial charge < -0.3 is 15.8 Å². The second kappa shape index (κ2) is 6.60. The van der Waals surface area contributed by atoms with Gasteiger partial charge in [-0.1, -0.05) is 12.1 Å². The highest BCUT2D eigenvalue weighted by Gasteiger charge is 2.12. The molecule has 0 saturated heterocycles. The van der Waals surface area contributed by atoms with Gasteiger partial charge in [-0.25, -0.2) is 14.2 Å². The second-order valence-electron chi connectivity index (χ2n) is 5.31. The van der Waals surface area contributed by atoms with Gasteiger partial charge in [-0.2, -0.15) is 0 Å². The molecule has 0 fully saturated rings. The summed E-state index contributed by atoms with van der Waals surface area (Å²) in [6.45, 7) is 0.310. The Kier molecular flexibility index (Phi) is 4.34. The van der Waals surface area contributed by atoms with Crippen LogP contribution in [0.2, 0.25) is 0 Å². The summed E-state index contributed by atoms with van der Waals surface area (Å²) in [5.41, 5.74) is 6.43. The fourth-order valence-electron chi connectivity index (χ4n) is 2.42. The molecule has 0 atom stereocenters. The first-order valence-electron chi connectivity index (χ1n) is 7.38. The zero-order valence-corrected chi connectivity index (χ0v) is 13.3. The molecule has 7 nitrogen and oxygen atoms in total. The number of anilines is 2. The summed E-state index contributed by atoms with van der Waals surface area (Å²) >= 11 is 0. The first-order chi connectivity index (χ1) is 12.0. The van der Waals surface area contributed by atoms with Crippen LogP contribution in [0.25, 0.3) is 10.9 Å². The minimum atomic E-state index is -0.697. The maximum atomic E-state index is 14.6. The number of nitrogens with zero attached hydrogens (tertiary/aromatic N) is 1. The molecule has 0 spiro atoms. The molecule has 0 amide bonds. The number of ether oxygens (including phenoxy) is 1. The average molecular weight is 342 g/mol. The molecule has 0 aliphatic carbocycles. The summed E-state index contributed by atoms with van der Waals surface area (Å²) in [4.78, 5) is 29.5. The number of benzene rings is 2. The van der Waals surface area contributed by atoms with Crippen LogP contribution in [-0.2, 0) is 11.3 Å². The molecule has 0 saturated carbocycles. The summed E-state index contributed by atoms with van der Waals surface area (Å²) in [5.74, 6) is -1.19. The van der Waals surface area contributed by atoms with E-state index in [2.05, 4.69) is 20.0 Å². The number of nitrogens with one attached hydrogen (secondary N) is 2. The lowest BCUT2D eigenvalue weighted by atomic mass is 10.1. The molecule has 0 radical (unpaired) electrons. The highest BCUT2D eigenvalue weighted by molar-refractivity contribution is 5.89. The number of hydrogen-bond acceptors (Lipinski definition) is 6. The Hall–Kier alpha value is -3.42. The number of carbonyl (C=O) groups is 1. The zero-order valence-electron chi connectivity index (χ0n) is 13.3. The van der Waals surface area contributed by atoms with Crippen molar-refractivity contribution in [2.24, 2.45) is 0 Å². The van der Waals surface area contributed by atoms with Crippen molar-refractivity contribution in [1.29, 1.82) is 0 Å². The molecule has 4 N–H and O–H groups in total. The quantitative estimate of drug-likeness (QED) is 0.626. The van der Waals surface area contributed by atoms with Crippen molar-refractivity contribution in [1.82, 2.24) is 9.97 Å². The topological polar surface area (TPSA) is 110 Å². The number of H-pyrrole nitrogens is 1. The molecular weight excluding hydrogens is 327 g/mol. The SMILES string of the molecule is COC(=O)c1ccc(CNc2ccc3nc(N)[nH]c(=O)c3c2F)cc1. The zero-order chi connectivity index (χ0) is 18.0. The third-order valence-electron chi connectivity index (χ3n) is 3.69. The van der Waals surface area contributed by atoms with Crippen LogP contribution >= 0.6 is 0 Å². The predicted molar refractivity (Wildman–Crippen MR) is 91.8 cm³/mol. The van der Waals surface area contributed by atoms with Gasteiger partial charge in [-0.05, 0) is 29.8 Å². The van der Waals surface area contributed by atoms with Gasteiger partial charge in [0, 0.05) is 6.54 Å². The lowest BCUT2D eigenvalue weighted by Gasteiger charge is -2.10. The fourth-order valence-corrected chi connectivity index (χ4v) is 2.42. The van der Waals surface area contributed by atoms with Gasteiger partial charge in [0.15, 0.2) is 5.82 Å². The van der Waals surface area contributed by atoms with Crippen molar-refractivity contribution in [2.45, 2.75) is 6.54 Å². The van der Waals surface area contributed by atoms with E-state index in [0.717, 1.165) is 5.56 Å². The third-order valence-corrected chi connectivity index (χ3v) is 3.69. The lowest BCUT2D eigenvalue weighted by molar-refractivity contribution is 0.0600. The monoisotopic (exact) mass is 342 g/mol. The number of rotatable bonds is 4. The van der Waals surface area contributed by atoms with Gasteiger partial charge >= 0.3 is 5.97 Å². The Morgan fingerprint density at radius 1 is 1.28 bits per heavy atom. The fraction of sp³-hybridized carbons (Fsp3) is 0.118. The van der Waals surface area contributed by atoms with Gasteiger partial charge in [-0.3, -0.25) is 9.78 Å². The van der Waals surface area contributed by atoms with E-state index in [-0.39, 0.29) is 22.5 Å². The molecule has 0 unspecified atom stereocenters. The van der Waals surface area contributed by atoms with Crippen LogP contribution in [0.1, 0.15) is 15.9 Å². The predicted octanol–water partition coefficient (Wildman–Crippen LogP) is 2.04. The van der Waals surface area contributed by atoms with Crippen LogP contribution in [0.4, 0.5) is 16.0 Å². The van der Waals surface area contributed by atoms with Gasteiger partial charge in [0.05, 0.1) is 23.9 Å². The second-order valence-corrected chi connectivity index (χ2v) is 5.31. The van der Waals surface area contributed by atoms with Crippen molar-refractivity contribution in [2.75, 3.05) is 18.2 Å². The highest BCUT2D eigenvalue weighted by Crippen LogP contribution is 2.22. The number of esters is 1. The van der Waals surface area contributed by atoms with E-state index in [1.54, 1.807) is 24.3 Å². The number of hydrogen-bond donors (Lipinski definition) is 3. The van der Waals surface area contributed by atoms with Crippen molar-refractivity contribution < 1.29 is 13.9 Å². The normalized spacial score (nSPS) is 10.6. The maximum Gasteiger partial charge on any atom is 0.337 e. The summed E-state index contributed by atoms with van der Waals surface area (Å²) < 4.78 is 19.2. The summed E-state index contributed by atoms with van der Waals surface area (Å²) in [6, 6.07) is 9.72. The van der Waals surface area contributed by atoms with Gasteiger partial charge in [0.2, 0.25) is 5.95 Å². The molecule has 25 heavy (non-hydrogen) atoms. The molecule has 3 aromatic rings. The Bertz CT molecular complexity index is 999. The van der Waals surface area contributed by atoms with E-state index in [4.69, 9.17) is 5.73 Å². The highest BCUT2D eigenvalue weighted by atomic mass is 19.1. The molecule has 1 aromatic heterocycles. The van der Waals surface area contributed by atoms with E-state index in [1.165, 1.54) is 19.2 Å². The molecule has 2 aromatic carbocycles. The number of aromatic amines is 1. The molecule has 0 aliphatic rings. The lowest BCUT2D eigenvalue weighted by Crippen LogP contribution is -2.13. The molecule has 128 valence electrons. The van der Waals surface area contributed by atoms with Crippen molar-refractivity contribution in [3.63, 3.8) is 0 Å². The van der Waals surface area contributed by atoms with Gasteiger partial charge in [-0.15, -0.1) is 0 Å². The van der Waals surface area contributed by atoms with Gasteiger partial charge in [0.1, 0.15) is 5.39 Å². The van der Waals surface area contributed by atoms with E-state index in [9.17, 15) is 14.0 Å². The molecule has 1 heterocycles. The molecular formula is C17H15FN4O3. The van der Waals surface area contributed by atoms with E-state index in [0.29, 0.717) is 12.1 Å². The van der Waals surface area contributed by atoms with Crippen LogP contribution < -0.4 is 16.6 Å².